The lowest BCUT2D eigenvalue weighted by molar-refractivity contribution is -0.596. The van der Waals surface area contributed by atoms with E-state index in [0.717, 1.165) is 25.7 Å². The van der Waals surface area contributed by atoms with Crippen LogP contribution in [0.4, 0.5) is 0 Å². The first-order valence-electron chi connectivity index (χ1n) is 14.7. The summed E-state index contributed by atoms with van der Waals surface area (Å²) in [4.78, 5) is 0. The standard InChI is InChI=1S/C32H47N3OSi/c1-22(2)37(23(3)4,24(5)6)36-31-21-29-19-27(17-25-13-9-7-10-14-25)33-32-34-28(20-30(31)35(29)32)18-26-15-11-8-12-16-26/h7-16,22-24,27-31H,17-21H2,1-6H3,(H,33,34)/p+1/t27-,28-,29-,30-,31+/m1/s1. The van der Waals surface area contributed by atoms with Crippen LogP contribution in [0.15, 0.2) is 60.7 Å². The molecule has 3 heterocycles. The molecule has 0 spiro atoms. The third-order valence-corrected chi connectivity index (χ3v) is 15.5. The van der Waals surface area contributed by atoms with Crippen LogP contribution < -0.4 is 10.6 Å². The molecule has 0 radical (unpaired) electrons. The Balaban J connectivity index is 1.44. The summed E-state index contributed by atoms with van der Waals surface area (Å²) in [6.45, 7) is 14.5. The summed E-state index contributed by atoms with van der Waals surface area (Å²) in [6.07, 6.45) is 5.91. The average Bonchev–Trinajstić information content (AvgIpc) is 3.20. The van der Waals surface area contributed by atoms with Crippen molar-refractivity contribution in [2.24, 2.45) is 0 Å². The third-order valence-electron chi connectivity index (χ3n) is 9.42. The van der Waals surface area contributed by atoms with Crippen molar-refractivity contribution in [1.82, 2.24) is 10.6 Å². The largest absolute Gasteiger partial charge is 0.409 e. The van der Waals surface area contributed by atoms with E-state index >= 15 is 0 Å². The summed E-state index contributed by atoms with van der Waals surface area (Å²) in [5.41, 5.74) is 4.66. The van der Waals surface area contributed by atoms with Gasteiger partial charge in [-0.15, -0.1) is 0 Å². The van der Waals surface area contributed by atoms with E-state index in [1.165, 1.54) is 23.5 Å². The van der Waals surface area contributed by atoms with Crippen LogP contribution in [0.2, 0.25) is 16.6 Å². The number of hydrogen-bond donors (Lipinski definition) is 2. The molecule has 2 aromatic rings. The minimum absolute atomic E-state index is 0.316. The van der Waals surface area contributed by atoms with E-state index in [-0.39, 0.29) is 0 Å². The van der Waals surface area contributed by atoms with Crippen LogP contribution in [0.5, 0.6) is 0 Å². The van der Waals surface area contributed by atoms with Crippen molar-refractivity contribution in [2.75, 3.05) is 0 Å². The maximum absolute atomic E-state index is 7.54. The van der Waals surface area contributed by atoms with Crippen LogP contribution in [0.1, 0.15) is 71.9 Å². The van der Waals surface area contributed by atoms with Crippen molar-refractivity contribution in [1.29, 1.82) is 0 Å². The van der Waals surface area contributed by atoms with E-state index in [9.17, 15) is 0 Å². The molecular weight excluding hydrogens is 470 g/mol. The second kappa shape index (κ2) is 10.9. The molecule has 200 valence electrons. The van der Waals surface area contributed by atoms with Gasteiger partial charge >= 0.3 is 5.96 Å². The van der Waals surface area contributed by atoms with Gasteiger partial charge in [0, 0.05) is 32.1 Å². The minimum atomic E-state index is -1.96. The Morgan fingerprint density at radius 3 is 1.70 bits per heavy atom. The van der Waals surface area contributed by atoms with Crippen molar-refractivity contribution >= 4 is 14.3 Å². The summed E-state index contributed by atoms with van der Waals surface area (Å²) in [6, 6.07) is 23.8. The Kier molecular flexibility index (Phi) is 7.83. The highest BCUT2D eigenvalue weighted by Gasteiger charge is 2.55. The molecule has 5 rings (SSSR count). The van der Waals surface area contributed by atoms with Crippen LogP contribution in [0, 0.1) is 0 Å². The lowest BCUT2D eigenvalue weighted by Gasteiger charge is -2.45. The van der Waals surface area contributed by atoms with Crippen molar-refractivity contribution in [2.45, 2.75) is 121 Å². The number of hydrogen-bond acceptors (Lipinski definition) is 3. The predicted octanol–water partition coefficient (Wildman–Crippen LogP) is 6.27. The first-order chi connectivity index (χ1) is 17.8. The minimum Gasteiger partial charge on any atom is -0.409 e. The van der Waals surface area contributed by atoms with Crippen LogP contribution in [-0.4, -0.2) is 49.1 Å². The van der Waals surface area contributed by atoms with Gasteiger partial charge in [-0.2, -0.15) is 0 Å². The van der Waals surface area contributed by atoms with E-state index in [1.54, 1.807) is 0 Å². The molecular formula is C32H48N3OSi+. The average molecular weight is 519 g/mol. The Morgan fingerprint density at radius 1 is 0.730 bits per heavy atom. The lowest BCUT2D eigenvalue weighted by Crippen LogP contribution is -2.64. The summed E-state index contributed by atoms with van der Waals surface area (Å²) in [7, 11) is -1.96. The van der Waals surface area contributed by atoms with Gasteiger partial charge in [-0.25, -0.2) is 0 Å². The summed E-state index contributed by atoms with van der Waals surface area (Å²) < 4.78 is 10.2. The number of nitrogens with zero attached hydrogens (tertiary/aromatic N) is 1. The number of benzene rings is 2. The van der Waals surface area contributed by atoms with E-state index in [0.29, 0.717) is 46.9 Å². The molecule has 5 heteroatoms. The summed E-state index contributed by atoms with van der Waals surface area (Å²) in [5, 5.41) is 7.92. The third kappa shape index (κ3) is 5.27. The van der Waals surface area contributed by atoms with E-state index in [2.05, 4.69) is 117 Å². The van der Waals surface area contributed by atoms with Crippen LogP contribution in [0.3, 0.4) is 0 Å². The topological polar surface area (TPSA) is 36.3 Å². The van der Waals surface area contributed by atoms with Gasteiger partial charge in [-0.3, -0.25) is 15.2 Å². The Hall–Kier alpha value is -2.11. The zero-order chi connectivity index (χ0) is 26.2. The maximum atomic E-state index is 7.54. The van der Waals surface area contributed by atoms with Crippen molar-refractivity contribution in [3.05, 3.63) is 71.8 Å². The SMILES string of the molecule is CC(C)[Si](O[C@H]1C[C@H]2C[C@@H](Cc3ccccc3)NC3=[N+]2[C@@H]1C[C@@H](Cc1ccccc1)N3)(C(C)C)C(C)C. The van der Waals surface area contributed by atoms with Gasteiger partial charge in [0.05, 0.1) is 24.2 Å². The van der Waals surface area contributed by atoms with E-state index in [1.807, 2.05) is 0 Å². The first-order valence-corrected chi connectivity index (χ1v) is 16.9. The lowest BCUT2D eigenvalue weighted by atomic mass is 9.95. The molecule has 3 aliphatic rings. The van der Waals surface area contributed by atoms with Gasteiger partial charge < -0.3 is 4.43 Å². The molecule has 0 saturated carbocycles. The van der Waals surface area contributed by atoms with Crippen LogP contribution in [-0.2, 0) is 17.3 Å². The normalized spacial score (nSPS) is 27.4. The molecule has 0 aliphatic carbocycles. The van der Waals surface area contributed by atoms with E-state index < -0.39 is 8.32 Å². The molecule has 5 atom stereocenters. The van der Waals surface area contributed by atoms with Gasteiger partial charge in [-0.1, -0.05) is 102 Å². The number of guanidine groups is 1. The smallest absolute Gasteiger partial charge is 0.346 e. The Labute approximate surface area is 226 Å². The molecule has 3 aliphatic heterocycles. The van der Waals surface area contributed by atoms with Gasteiger partial charge in [0.25, 0.3) is 0 Å². The Morgan fingerprint density at radius 2 is 1.22 bits per heavy atom. The van der Waals surface area contributed by atoms with Crippen molar-refractivity contribution in [3.63, 3.8) is 0 Å². The summed E-state index contributed by atoms with van der Waals surface area (Å²) >= 11 is 0. The highest BCUT2D eigenvalue weighted by Crippen LogP contribution is 2.46. The maximum Gasteiger partial charge on any atom is 0.346 e. The molecule has 2 aromatic carbocycles. The van der Waals surface area contributed by atoms with E-state index in [4.69, 9.17) is 4.43 Å². The van der Waals surface area contributed by atoms with Gasteiger partial charge in [0.1, 0.15) is 6.04 Å². The molecule has 4 nitrogen and oxygen atoms in total. The fraction of sp³-hybridized carbons (Fsp3) is 0.594. The molecule has 1 saturated heterocycles. The monoisotopic (exact) mass is 518 g/mol. The fourth-order valence-electron chi connectivity index (χ4n) is 7.99. The second-order valence-electron chi connectivity index (χ2n) is 12.7. The molecule has 1 fully saturated rings. The molecule has 0 bridgehead atoms. The molecule has 2 N–H and O–H groups in total. The van der Waals surface area contributed by atoms with Gasteiger partial charge in [-0.05, 0) is 27.8 Å². The number of rotatable bonds is 9. The molecule has 0 unspecified atom stereocenters. The second-order valence-corrected chi connectivity index (χ2v) is 18.1. The van der Waals surface area contributed by atoms with Crippen LogP contribution >= 0.6 is 0 Å². The van der Waals surface area contributed by atoms with Crippen molar-refractivity contribution < 1.29 is 9.00 Å². The molecule has 0 aromatic heterocycles. The highest BCUT2D eigenvalue weighted by atomic mass is 28.4. The number of nitrogens with one attached hydrogen (secondary N) is 2. The Bertz CT molecular complexity index is 1040. The quantitative estimate of drug-likeness (QED) is 0.304. The fourth-order valence-corrected chi connectivity index (χ4v) is 13.6. The predicted molar refractivity (Wildman–Crippen MR) is 157 cm³/mol. The van der Waals surface area contributed by atoms with Gasteiger partial charge in [0.2, 0.25) is 8.32 Å². The first kappa shape index (κ1) is 26.5. The van der Waals surface area contributed by atoms with Crippen molar-refractivity contribution in [3.8, 4) is 0 Å². The summed E-state index contributed by atoms with van der Waals surface area (Å²) in [5.74, 6) is 1.26. The zero-order valence-corrected chi connectivity index (χ0v) is 24.8. The van der Waals surface area contributed by atoms with Crippen LogP contribution in [0.25, 0.3) is 0 Å². The van der Waals surface area contributed by atoms with Gasteiger partial charge in [0.15, 0.2) is 0 Å². The zero-order valence-electron chi connectivity index (χ0n) is 23.8. The molecule has 37 heavy (non-hydrogen) atoms. The molecule has 0 amide bonds. The highest BCUT2D eigenvalue weighted by molar-refractivity contribution is 6.77.